The van der Waals surface area contributed by atoms with Gasteiger partial charge in [0.05, 0.1) is 9.26 Å². The van der Waals surface area contributed by atoms with Crippen molar-refractivity contribution in [3.63, 3.8) is 0 Å². The highest BCUT2D eigenvalue weighted by molar-refractivity contribution is 14.1. The Hall–Kier alpha value is -0.630. The lowest BCUT2D eigenvalue weighted by Crippen LogP contribution is -2.45. The second-order valence-corrected chi connectivity index (χ2v) is 6.62. The van der Waals surface area contributed by atoms with E-state index < -0.39 is 0 Å². The molecule has 1 aromatic heterocycles. The zero-order valence-corrected chi connectivity index (χ0v) is 13.9. The number of halogens is 1. The maximum atomic E-state index is 12.0. The summed E-state index contributed by atoms with van der Waals surface area (Å²) >= 11 is 2.10. The van der Waals surface area contributed by atoms with Crippen molar-refractivity contribution in [2.45, 2.75) is 20.3 Å². The highest BCUT2D eigenvalue weighted by Gasteiger charge is 2.18. The minimum atomic E-state index is -0.0137. The molecular formula is C13H21IN4O. The van der Waals surface area contributed by atoms with Crippen molar-refractivity contribution in [2.75, 3.05) is 38.1 Å². The Labute approximate surface area is 127 Å². The highest BCUT2D eigenvalue weighted by atomic mass is 127. The van der Waals surface area contributed by atoms with Gasteiger partial charge in [0.15, 0.2) is 0 Å². The summed E-state index contributed by atoms with van der Waals surface area (Å²) in [7, 11) is 2.12. The summed E-state index contributed by atoms with van der Waals surface area (Å²) in [6, 6.07) is 0. The fourth-order valence-corrected chi connectivity index (χ4v) is 2.66. The number of piperazine rings is 1. The predicted octanol–water partition coefficient (Wildman–Crippen LogP) is 1.32. The highest BCUT2D eigenvalue weighted by Crippen LogP contribution is 2.15. The number of nitrogens with zero attached hydrogens (tertiary/aromatic N) is 3. The molecule has 19 heavy (non-hydrogen) atoms. The van der Waals surface area contributed by atoms with E-state index in [9.17, 15) is 4.79 Å². The molecular weight excluding hydrogens is 355 g/mol. The molecule has 0 aromatic carbocycles. The molecule has 0 saturated carbocycles. The van der Waals surface area contributed by atoms with Crippen LogP contribution in [0, 0.1) is 9.49 Å². The molecule has 6 heteroatoms. The summed E-state index contributed by atoms with van der Waals surface area (Å²) in [5, 5.41) is 0. The van der Waals surface area contributed by atoms with Crippen LogP contribution in [0.1, 0.15) is 19.5 Å². The number of rotatable bonds is 3. The Kier molecular flexibility index (Phi) is 4.83. The van der Waals surface area contributed by atoms with E-state index in [1.807, 2.05) is 0 Å². The lowest BCUT2D eigenvalue weighted by Gasteiger charge is -2.32. The van der Waals surface area contributed by atoms with Gasteiger partial charge in [-0.15, -0.1) is 0 Å². The van der Waals surface area contributed by atoms with Gasteiger partial charge >= 0.3 is 0 Å². The van der Waals surface area contributed by atoms with Crippen LogP contribution in [0.5, 0.6) is 0 Å². The van der Waals surface area contributed by atoms with Gasteiger partial charge < -0.3 is 9.80 Å². The molecule has 0 amide bonds. The van der Waals surface area contributed by atoms with Crippen molar-refractivity contribution in [2.24, 2.45) is 5.92 Å². The van der Waals surface area contributed by atoms with Gasteiger partial charge in [0.25, 0.3) is 5.56 Å². The predicted molar refractivity (Wildman–Crippen MR) is 85.8 cm³/mol. The average molecular weight is 376 g/mol. The largest absolute Gasteiger partial charge is 0.340 e. The van der Waals surface area contributed by atoms with Crippen LogP contribution in [-0.4, -0.2) is 48.1 Å². The van der Waals surface area contributed by atoms with Crippen molar-refractivity contribution in [3.05, 3.63) is 19.6 Å². The van der Waals surface area contributed by atoms with Crippen LogP contribution >= 0.6 is 22.6 Å². The summed E-state index contributed by atoms with van der Waals surface area (Å²) in [4.78, 5) is 24.0. The average Bonchev–Trinajstić information content (AvgIpc) is 2.35. The normalized spacial score (nSPS) is 17.2. The van der Waals surface area contributed by atoms with E-state index in [0.717, 1.165) is 47.8 Å². The zero-order chi connectivity index (χ0) is 14.0. The van der Waals surface area contributed by atoms with Crippen LogP contribution in [-0.2, 0) is 6.42 Å². The van der Waals surface area contributed by atoms with Gasteiger partial charge in [0, 0.05) is 26.2 Å². The summed E-state index contributed by atoms with van der Waals surface area (Å²) in [5.74, 6) is 1.23. The fourth-order valence-electron chi connectivity index (χ4n) is 2.18. The maximum Gasteiger partial charge on any atom is 0.266 e. The third kappa shape index (κ3) is 3.68. The van der Waals surface area contributed by atoms with Crippen molar-refractivity contribution in [3.8, 4) is 0 Å². The van der Waals surface area contributed by atoms with E-state index in [2.05, 4.69) is 63.3 Å². The first-order valence-corrected chi connectivity index (χ1v) is 7.77. The van der Waals surface area contributed by atoms with Gasteiger partial charge in [-0.05, 0) is 42.0 Å². The number of aromatic nitrogens is 2. The van der Waals surface area contributed by atoms with Crippen LogP contribution in [0.3, 0.4) is 0 Å². The molecule has 0 radical (unpaired) electrons. The van der Waals surface area contributed by atoms with Crippen molar-refractivity contribution < 1.29 is 0 Å². The van der Waals surface area contributed by atoms with Gasteiger partial charge in [-0.1, -0.05) is 13.8 Å². The molecule has 1 fully saturated rings. The number of anilines is 1. The van der Waals surface area contributed by atoms with Gasteiger partial charge in [0.2, 0.25) is 5.95 Å². The number of aromatic amines is 1. The quantitative estimate of drug-likeness (QED) is 0.809. The second-order valence-electron chi connectivity index (χ2n) is 5.54. The minimum Gasteiger partial charge on any atom is -0.340 e. The van der Waals surface area contributed by atoms with Gasteiger partial charge in [-0.2, -0.15) is 0 Å². The topological polar surface area (TPSA) is 52.2 Å². The summed E-state index contributed by atoms with van der Waals surface area (Å²) in [5.41, 5.74) is 0.911. The van der Waals surface area contributed by atoms with E-state index in [-0.39, 0.29) is 5.56 Å². The maximum absolute atomic E-state index is 12.0. The summed E-state index contributed by atoms with van der Waals surface area (Å²) in [6.07, 6.45) is 0.850. The smallest absolute Gasteiger partial charge is 0.266 e. The minimum absolute atomic E-state index is 0.0137. The Morgan fingerprint density at radius 2 is 1.95 bits per heavy atom. The lowest BCUT2D eigenvalue weighted by atomic mass is 10.1. The Balaban J connectivity index is 2.26. The van der Waals surface area contributed by atoms with Crippen LogP contribution < -0.4 is 10.5 Å². The van der Waals surface area contributed by atoms with E-state index >= 15 is 0 Å². The molecule has 106 valence electrons. The lowest BCUT2D eigenvalue weighted by molar-refractivity contribution is 0.311. The number of H-pyrrole nitrogens is 1. The molecule has 0 bridgehead atoms. The van der Waals surface area contributed by atoms with Crippen molar-refractivity contribution in [1.29, 1.82) is 0 Å². The number of nitrogens with one attached hydrogen (secondary N) is 1. The molecule has 2 heterocycles. The van der Waals surface area contributed by atoms with E-state index in [1.54, 1.807) is 0 Å². The van der Waals surface area contributed by atoms with Crippen molar-refractivity contribution >= 4 is 28.5 Å². The zero-order valence-electron chi connectivity index (χ0n) is 11.7. The van der Waals surface area contributed by atoms with E-state index in [4.69, 9.17) is 0 Å². The summed E-state index contributed by atoms with van der Waals surface area (Å²) < 4.78 is 0.726. The molecule has 5 nitrogen and oxygen atoms in total. The molecule has 2 rings (SSSR count). The standard InChI is InChI=1S/C13H21IN4O/c1-9(2)8-10-11(14)12(19)16-13(15-10)18-6-4-17(3)5-7-18/h9H,4-8H2,1-3H3,(H,15,16,19). The third-order valence-electron chi connectivity index (χ3n) is 3.32. The molecule has 1 N–H and O–H groups in total. The first kappa shape index (κ1) is 14.8. The third-order valence-corrected chi connectivity index (χ3v) is 4.44. The first-order chi connectivity index (χ1) is 8.97. The number of hydrogen-bond donors (Lipinski definition) is 1. The molecule has 0 spiro atoms. The van der Waals surface area contributed by atoms with Crippen LogP contribution in [0.4, 0.5) is 5.95 Å². The Bertz CT molecular complexity index is 492. The SMILES string of the molecule is CC(C)Cc1nc(N2CCN(C)CC2)[nH]c(=O)c1I. The van der Waals surface area contributed by atoms with Gasteiger partial charge in [-0.3, -0.25) is 9.78 Å². The Morgan fingerprint density at radius 3 is 2.53 bits per heavy atom. The van der Waals surface area contributed by atoms with E-state index in [0.29, 0.717) is 5.92 Å². The fraction of sp³-hybridized carbons (Fsp3) is 0.692. The molecule has 0 atom stereocenters. The first-order valence-electron chi connectivity index (χ1n) is 6.69. The molecule has 1 saturated heterocycles. The molecule has 0 aliphatic carbocycles. The number of likely N-dealkylation sites (N-methyl/N-ethyl adjacent to an activating group) is 1. The van der Waals surface area contributed by atoms with E-state index in [1.165, 1.54) is 0 Å². The number of hydrogen-bond acceptors (Lipinski definition) is 4. The van der Waals surface area contributed by atoms with Gasteiger partial charge in [0.1, 0.15) is 0 Å². The Morgan fingerprint density at radius 1 is 1.32 bits per heavy atom. The van der Waals surface area contributed by atoms with Crippen LogP contribution in [0.2, 0.25) is 0 Å². The molecule has 1 aromatic rings. The van der Waals surface area contributed by atoms with Crippen LogP contribution in [0.15, 0.2) is 4.79 Å². The van der Waals surface area contributed by atoms with Gasteiger partial charge in [-0.25, -0.2) is 4.98 Å². The summed E-state index contributed by atoms with van der Waals surface area (Å²) in [6.45, 7) is 8.15. The molecule has 1 aliphatic heterocycles. The monoisotopic (exact) mass is 376 g/mol. The molecule has 0 unspecified atom stereocenters. The van der Waals surface area contributed by atoms with Crippen LogP contribution in [0.25, 0.3) is 0 Å². The van der Waals surface area contributed by atoms with Crippen molar-refractivity contribution in [1.82, 2.24) is 14.9 Å². The second kappa shape index (κ2) is 6.21. The molecule has 1 aliphatic rings.